The van der Waals surface area contributed by atoms with Gasteiger partial charge in [-0.15, -0.1) is 10.2 Å². The van der Waals surface area contributed by atoms with Crippen LogP contribution in [0, 0.1) is 0 Å². The van der Waals surface area contributed by atoms with Crippen molar-refractivity contribution in [3.05, 3.63) is 59.1 Å². The lowest BCUT2D eigenvalue weighted by Crippen LogP contribution is -2.30. The summed E-state index contributed by atoms with van der Waals surface area (Å²) in [6.07, 6.45) is 0. The summed E-state index contributed by atoms with van der Waals surface area (Å²) in [6, 6.07) is 14.8. The zero-order valence-electron chi connectivity index (χ0n) is 15.5. The highest BCUT2D eigenvalue weighted by Crippen LogP contribution is 2.27. The van der Waals surface area contributed by atoms with Crippen molar-refractivity contribution in [2.75, 3.05) is 6.61 Å². The second-order valence-electron chi connectivity index (χ2n) is 5.90. The average Bonchev–Trinajstić information content (AvgIpc) is 3.16. The second-order valence-corrected chi connectivity index (χ2v) is 7.60. The first-order valence-electron chi connectivity index (χ1n) is 8.81. The van der Waals surface area contributed by atoms with Crippen LogP contribution in [-0.4, -0.2) is 28.0 Å². The van der Waals surface area contributed by atoms with E-state index in [4.69, 9.17) is 20.8 Å². The fraction of sp³-hybridized carbons (Fsp3) is 0.250. The maximum absolute atomic E-state index is 12.3. The zero-order chi connectivity index (χ0) is 19.9. The molecule has 28 heavy (non-hydrogen) atoms. The van der Waals surface area contributed by atoms with Gasteiger partial charge in [-0.1, -0.05) is 41.6 Å². The van der Waals surface area contributed by atoms with E-state index in [9.17, 15) is 4.79 Å². The van der Waals surface area contributed by atoms with Crippen molar-refractivity contribution >= 4 is 29.3 Å². The molecule has 0 aliphatic heterocycles. The summed E-state index contributed by atoms with van der Waals surface area (Å²) in [4.78, 5) is 12.3. The van der Waals surface area contributed by atoms with Crippen LogP contribution in [0.3, 0.4) is 0 Å². The highest BCUT2D eigenvalue weighted by Gasteiger charge is 2.19. The van der Waals surface area contributed by atoms with Crippen LogP contribution < -0.4 is 10.1 Å². The summed E-state index contributed by atoms with van der Waals surface area (Å²) < 4.78 is 11.1. The maximum atomic E-state index is 12.3. The van der Waals surface area contributed by atoms with Gasteiger partial charge >= 0.3 is 0 Å². The predicted octanol–water partition coefficient (Wildman–Crippen LogP) is 4.59. The van der Waals surface area contributed by atoms with Crippen molar-refractivity contribution in [1.29, 1.82) is 0 Å². The van der Waals surface area contributed by atoms with Gasteiger partial charge in [0.2, 0.25) is 11.8 Å². The van der Waals surface area contributed by atoms with Crippen LogP contribution in [-0.2, 0) is 11.3 Å². The Balaban J connectivity index is 1.56. The van der Waals surface area contributed by atoms with Crippen LogP contribution in [0.4, 0.5) is 0 Å². The molecule has 6 nitrogen and oxygen atoms in total. The molecule has 0 spiro atoms. The fourth-order valence-electron chi connectivity index (χ4n) is 2.41. The van der Waals surface area contributed by atoms with E-state index in [2.05, 4.69) is 15.5 Å². The van der Waals surface area contributed by atoms with E-state index in [-0.39, 0.29) is 5.91 Å². The lowest BCUT2D eigenvalue weighted by molar-refractivity contribution is -0.120. The van der Waals surface area contributed by atoms with Gasteiger partial charge in [0.05, 0.1) is 11.9 Å². The van der Waals surface area contributed by atoms with Crippen LogP contribution in [0.1, 0.15) is 19.4 Å². The van der Waals surface area contributed by atoms with Crippen LogP contribution in [0.5, 0.6) is 5.75 Å². The van der Waals surface area contributed by atoms with Crippen molar-refractivity contribution in [2.24, 2.45) is 0 Å². The van der Waals surface area contributed by atoms with Gasteiger partial charge < -0.3 is 14.5 Å². The normalized spacial score (nSPS) is 11.8. The number of carbonyl (C=O) groups excluding carboxylic acids is 1. The molecule has 0 aliphatic carbocycles. The fourth-order valence-corrected chi connectivity index (χ4v) is 3.32. The van der Waals surface area contributed by atoms with Crippen molar-refractivity contribution in [2.45, 2.75) is 30.9 Å². The Morgan fingerprint density at radius 3 is 2.68 bits per heavy atom. The van der Waals surface area contributed by atoms with E-state index in [1.54, 1.807) is 13.0 Å². The van der Waals surface area contributed by atoms with E-state index < -0.39 is 5.25 Å². The number of aromatic nitrogens is 2. The molecule has 2 aromatic carbocycles. The van der Waals surface area contributed by atoms with E-state index >= 15 is 0 Å². The number of amides is 1. The van der Waals surface area contributed by atoms with Gasteiger partial charge in [-0.05, 0) is 49.7 Å². The molecule has 3 rings (SSSR count). The Labute approximate surface area is 172 Å². The van der Waals surface area contributed by atoms with Crippen molar-refractivity contribution in [1.82, 2.24) is 15.5 Å². The summed E-state index contributed by atoms with van der Waals surface area (Å²) >= 11 is 7.32. The SMILES string of the molecule is CCOc1ccc(-c2nnc(S[C@H](C)C(=O)NCc3ccccc3Cl)o2)cc1. The standard InChI is InChI=1S/C20H20ClN3O3S/c1-3-26-16-10-8-14(9-11-16)19-23-24-20(27-19)28-13(2)18(25)22-12-15-6-4-5-7-17(15)21/h4-11,13H,3,12H2,1-2H3,(H,22,25)/t13-/m1/s1. The van der Waals surface area contributed by atoms with Gasteiger partial charge in [0, 0.05) is 17.1 Å². The van der Waals surface area contributed by atoms with Crippen LogP contribution in [0.15, 0.2) is 58.2 Å². The number of benzene rings is 2. The van der Waals surface area contributed by atoms with E-state index in [1.807, 2.05) is 49.4 Å². The number of ether oxygens (including phenoxy) is 1. The third kappa shape index (κ3) is 5.27. The molecule has 0 aliphatic rings. The Morgan fingerprint density at radius 2 is 1.96 bits per heavy atom. The molecular weight excluding hydrogens is 398 g/mol. The van der Waals surface area contributed by atoms with E-state index in [1.165, 1.54) is 11.8 Å². The summed E-state index contributed by atoms with van der Waals surface area (Å²) in [5.41, 5.74) is 1.66. The summed E-state index contributed by atoms with van der Waals surface area (Å²) in [5, 5.41) is 11.5. The van der Waals surface area contributed by atoms with Gasteiger partial charge in [0.1, 0.15) is 5.75 Å². The largest absolute Gasteiger partial charge is 0.494 e. The number of halogens is 1. The Kier molecular flexibility index (Phi) is 6.95. The molecular formula is C20H20ClN3O3S. The van der Waals surface area contributed by atoms with Crippen LogP contribution in [0.25, 0.3) is 11.5 Å². The quantitative estimate of drug-likeness (QED) is 0.540. The summed E-state index contributed by atoms with van der Waals surface area (Å²) in [6.45, 7) is 4.69. The molecule has 1 aromatic heterocycles. The van der Waals surface area contributed by atoms with Crippen LogP contribution in [0.2, 0.25) is 5.02 Å². The minimum atomic E-state index is -0.392. The third-order valence-corrected chi connectivity index (χ3v) is 5.18. The Morgan fingerprint density at radius 1 is 1.21 bits per heavy atom. The number of nitrogens with one attached hydrogen (secondary N) is 1. The number of rotatable bonds is 8. The first-order chi connectivity index (χ1) is 13.6. The minimum Gasteiger partial charge on any atom is -0.494 e. The molecule has 1 atom stereocenters. The van der Waals surface area contributed by atoms with Gasteiger partial charge in [-0.2, -0.15) is 0 Å². The first-order valence-corrected chi connectivity index (χ1v) is 10.1. The number of nitrogens with zero attached hydrogens (tertiary/aromatic N) is 2. The zero-order valence-corrected chi connectivity index (χ0v) is 17.1. The van der Waals surface area contributed by atoms with E-state index in [0.717, 1.165) is 16.9 Å². The number of carbonyl (C=O) groups is 1. The first kappa shape index (κ1) is 20.2. The highest BCUT2D eigenvalue weighted by atomic mass is 35.5. The smallest absolute Gasteiger partial charge is 0.277 e. The lowest BCUT2D eigenvalue weighted by Gasteiger charge is -2.10. The maximum Gasteiger partial charge on any atom is 0.277 e. The summed E-state index contributed by atoms with van der Waals surface area (Å²) in [5.74, 6) is 1.05. The number of thioether (sulfide) groups is 1. The monoisotopic (exact) mass is 417 g/mol. The third-order valence-electron chi connectivity index (χ3n) is 3.88. The van der Waals surface area contributed by atoms with Crippen molar-refractivity contribution in [3.8, 4) is 17.2 Å². The summed E-state index contributed by atoms with van der Waals surface area (Å²) in [7, 11) is 0. The minimum absolute atomic E-state index is 0.134. The molecule has 146 valence electrons. The molecule has 1 heterocycles. The second kappa shape index (κ2) is 9.61. The molecule has 1 amide bonds. The highest BCUT2D eigenvalue weighted by molar-refractivity contribution is 8.00. The number of hydrogen-bond donors (Lipinski definition) is 1. The predicted molar refractivity (Wildman–Crippen MR) is 110 cm³/mol. The van der Waals surface area contributed by atoms with Gasteiger partial charge in [-0.25, -0.2) is 0 Å². The molecule has 0 bridgehead atoms. The molecule has 0 saturated heterocycles. The van der Waals surface area contributed by atoms with Gasteiger partial charge in [0.15, 0.2) is 0 Å². The van der Waals surface area contributed by atoms with Crippen molar-refractivity contribution in [3.63, 3.8) is 0 Å². The Bertz CT molecular complexity index is 930. The van der Waals surface area contributed by atoms with E-state index in [0.29, 0.717) is 29.3 Å². The average molecular weight is 418 g/mol. The molecule has 0 radical (unpaired) electrons. The van der Waals surface area contributed by atoms with Gasteiger partial charge in [0.25, 0.3) is 5.22 Å². The molecule has 0 fully saturated rings. The Hall–Kier alpha value is -2.51. The molecule has 1 N–H and O–H groups in total. The molecule has 8 heteroatoms. The molecule has 0 saturated carbocycles. The van der Waals surface area contributed by atoms with Crippen LogP contribution >= 0.6 is 23.4 Å². The molecule has 3 aromatic rings. The molecule has 0 unspecified atom stereocenters. The van der Waals surface area contributed by atoms with Crippen molar-refractivity contribution < 1.29 is 13.9 Å². The van der Waals surface area contributed by atoms with Gasteiger partial charge in [-0.3, -0.25) is 4.79 Å². The lowest BCUT2D eigenvalue weighted by atomic mass is 10.2. The topological polar surface area (TPSA) is 77.2 Å². The number of hydrogen-bond acceptors (Lipinski definition) is 6.